The molecule has 3 rings (SSSR count). The standard InChI is InChI=1S/C23H21Br2NO3/c1-28-22-12-5-16(13-23(22)29-2)20(26-19-10-8-18(25)9-11-19)14-21(27)15-3-6-17(24)7-4-15/h3-13,20,26H,14H2,1-2H3. The van der Waals surface area contributed by atoms with Gasteiger partial charge in [-0.2, -0.15) is 0 Å². The van der Waals surface area contributed by atoms with E-state index in [-0.39, 0.29) is 11.8 Å². The molecule has 4 nitrogen and oxygen atoms in total. The van der Waals surface area contributed by atoms with E-state index in [2.05, 4.69) is 37.2 Å². The van der Waals surface area contributed by atoms with Crippen molar-refractivity contribution in [1.82, 2.24) is 0 Å². The van der Waals surface area contributed by atoms with E-state index in [4.69, 9.17) is 9.47 Å². The first-order chi connectivity index (χ1) is 14.0. The highest BCUT2D eigenvalue weighted by atomic mass is 79.9. The molecule has 0 aliphatic heterocycles. The Morgan fingerprint density at radius 1 is 0.862 bits per heavy atom. The molecule has 1 N–H and O–H groups in total. The Hall–Kier alpha value is -2.31. The zero-order chi connectivity index (χ0) is 20.8. The lowest BCUT2D eigenvalue weighted by Gasteiger charge is -2.21. The van der Waals surface area contributed by atoms with E-state index in [9.17, 15) is 4.79 Å². The molecule has 0 saturated heterocycles. The Morgan fingerprint density at radius 3 is 2.03 bits per heavy atom. The number of rotatable bonds is 8. The number of Topliss-reactive ketones (excluding diaryl/α,β-unsaturated/α-hetero) is 1. The molecular formula is C23H21Br2NO3. The van der Waals surface area contributed by atoms with E-state index >= 15 is 0 Å². The van der Waals surface area contributed by atoms with Crippen LogP contribution in [0.3, 0.4) is 0 Å². The summed E-state index contributed by atoms with van der Waals surface area (Å²) in [6, 6.07) is 20.8. The summed E-state index contributed by atoms with van der Waals surface area (Å²) in [7, 11) is 3.21. The third kappa shape index (κ3) is 5.61. The normalized spacial score (nSPS) is 11.6. The maximum absolute atomic E-state index is 12.9. The molecule has 0 heterocycles. The maximum Gasteiger partial charge on any atom is 0.165 e. The zero-order valence-electron chi connectivity index (χ0n) is 16.1. The molecular weight excluding hydrogens is 498 g/mol. The van der Waals surface area contributed by atoms with Gasteiger partial charge >= 0.3 is 0 Å². The number of halogens is 2. The molecule has 0 aromatic heterocycles. The minimum absolute atomic E-state index is 0.0573. The Kier molecular flexibility index (Phi) is 7.34. The van der Waals surface area contributed by atoms with Gasteiger partial charge in [-0.25, -0.2) is 0 Å². The van der Waals surface area contributed by atoms with Gasteiger partial charge in [0.1, 0.15) is 0 Å². The number of benzene rings is 3. The number of carbonyl (C=O) groups is 1. The Balaban J connectivity index is 1.91. The number of hydrogen-bond donors (Lipinski definition) is 1. The van der Waals surface area contributed by atoms with Crippen LogP contribution in [0.4, 0.5) is 5.69 Å². The number of carbonyl (C=O) groups excluding carboxylic acids is 1. The van der Waals surface area contributed by atoms with E-state index in [1.54, 1.807) is 14.2 Å². The first kappa shape index (κ1) is 21.4. The van der Waals surface area contributed by atoms with Crippen molar-refractivity contribution in [3.05, 3.63) is 86.8 Å². The predicted molar refractivity (Wildman–Crippen MR) is 123 cm³/mol. The summed E-state index contributed by atoms with van der Waals surface area (Å²) in [6.45, 7) is 0. The summed E-state index contributed by atoms with van der Waals surface area (Å²) >= 11 is 6.86. The third-order valence-electron chi connectivity index (χ3n) is 4.55. The van der Waals surface area contributed by atoms with Gasteiger partial charge in [-0.15, -0.1) is 0 Å². The van der Waals surface area contributed by atoms with Gasteiger partial charge in [0.25, 0.3) is 0 Å². The lowest BCUT2D eigenvalue weighted by atomic mass is 9.97. The van der Waals surface area contributed by atoms with Gasteiger partial charge in [-0.1, -0.05) is 50.1 Å². The molecule has 0 saturated carbocycles. The van der Waals surface area contributed by atoms with Crippen molar-refractivity contribution in [2.75, 3.05) is 19.5 Å². The van der Waals surface area contributed by atoms with Crippen LogP contribution in [-0.4, -0.2) is 20.0 Å². The first-order valence-corrected chi connectivity index (χ1v) is 10.6. The predicted octanol–water partition coefficient (Wildman–Crippen LogP) is 6.66. The summed E-state index contributed by atoms with van der Waals surface area (Å²) in [5.41, 5.74) is 2.55. The second-order valence-electron chi connectivity index (χ2n) is 6.45. The van der Waals surface area contributed by atoms with Crippen LogP contribution in [0.5, 0.6) is 11.5 Å². The Morgan fingerprint density at radius 2 is 1.45 bits per heavy atom. The van der Waals surface area contributed by atoms with Crippen molar-refractivity contribution in [2.45, 2.75) is 12.5 Å². The third-order valence-corrected chi connectivity index (χ3v) is 5.61. The molecule has 29 heavy (non-hydrogen) atoms. The van der Waals surface area contributed by atoms with Gasteiger partial charge in [0.2, 0.25) is 0 Å². The van der Waals surface area contributed by atoms with Crippen LogP contribution in [-0.2, 0) is 0 Å². The summed E-state index contributed by atoms with van der Waals surface area (Å²) in [4.78, 5) is 12.9. The van der Waals surface area contributed by atoms with Crippen molar-refractivity contribution in [3.8, 4) is 11.5 Å². The minimum atomic E-state index is -0.230. The zero-order valence-corrected chi connectivity index (χ0v) is 19.3. The van der Waals surface area contributed by atoms with E-state index < -0.39 is 0 Å². The fraction of sp³-hybridized carbons (Fsp3) is 0.174. The first-order valence-electron chi connectivity index (χ1n) is 9.03. The highest BCUT2D eigenvalue weighted by Gasteiger charge is 2.19. The van der Waals surface area contributed by atoms with Crippen molar-refractivity contribution in [2.24, 2.45) is 0 Å². The van der Waals surface area contributed by atoms with Crippen molar-refractivity contribution >= 4 is 43.3 Å². The maximum atomic E-state index is 12.9. The van der Waals surface area contributed by atoms with E-state index in [1.807, 2.05) is 66.7 Å². The quantitative estimate of drug-likeness (QED) is 0.339. The number of anilines is 1. The number of ether oxygens (including phenoxy) is 2. The van der Waals surface area contributed by atoms with Gasteiger partial charge in [-0.3, -0.25) is 4.79 Å². The lowest BCUT2D eigenvalue weighted by molar-refractivity contribution is 0.0976. The van der Waals surface area contributed by atoms with Crippen molar-refractivity contribution < 1.29 is 14.3 Å². The SMILES string of the molecule is COc1ccc(C(CC(=O)c2ccc(Br)cc2)Nc2ccc(Br)cc2)cc1OC. The topological polar surface area (TPSA) is 47.6 Å². The average Bonchev–Trinajstić information content (AvgIpc) is 2.74. The van der Waals surface area contributed by atoms with Crippen LogP contribution >= 0.6 is 31.9 Å². The van der Waals surface area contributed by atoms with E-state index in [1.165, 1.54) is 0 Å². The molecule has 6 heteroatoms. The van der Waals surface area contributed by atoms with E-state index in [0.29, 0.717) is 23.5 Å². The van der Waals surface area contributed by atoms with Gasteiger partial charge in [0.15, 0.2) is 17.3 Å². The van der Waals surface area contributed by atoms with Crippen molar-refractivity contribution in [3.63, 3.8) is 0 Å². The van der Waals surface area contributed by atoms with Crippen LogP contribution in [0.15, 0.2) is 75.7 Å². The van der Waals surface area contributed by atoms with Gasteiger partial charge in [-0.05, 0) is 54.1 Å². The van der Waals surface area contributed by atoms with Crippen LogP contribution in [0, 0.1) is 0 Å². The second-order valence-corrected chi connectivity index (χ2v) is 8.28. The largest absolute Gasteiger partial charge is 0.493 e. The average molecular weight is 519 g/mol. The fourth-order valence-electron chi connectivity index (χ4n) is 3.01. The molecule has 0 radical (unpaired) electrons. The molecule has 3 aromatic carbocycles. The molecule has 0 aliphatic rings. The molecule has 0 spiro atoms. The minimum Gasteiger partial charge on any atom is -0.493 e. The highest BCUT2D eigenvalue weighted by Crippen LogP contribution is 2.33. The van der Waals surface area contributed by atoms with E-state index in [0.717, 1.165) is 20.2 Å². The van der Waals surface area contributed by atoms with Crippen LogP contribution < -0.4 is 14.8 Å². The lowest BCUT2D eigenvalue weighted by Crippen LogP contribution is -2.16. The van der Waals surface area contributed by atoms with Crippen LogP contribution in [0.25, 0.3) is 0 Å². The summed E-state index contributed by atoms with van der Waals surface area (Å²) in [6.07, 6.45) is 0.299. The fourth-order valence-corrected chi connectivity index (χ4v) is 3.54. The Bertz CT molecular complexity index is 972. The highest BCUT2D eigenvalue weighted by molar-refractivity contribution is 9.10. The number of nitrogens with one attached hydrogen (secondary N) is 1. The Labute approximate surface area is 187 Å². The van der Waals surface area contributed by atoms with Gasteiger partial charge in [0.05, 0.1) is 20.3 Å². The molecule has 0 amide bonds. The number of methoxy groups -OCH3 is 2. The van der Waals surface area contributed by atoms with Gasteiger partial charge in [0, 0.05) is 26.6 Å². The number of hydrogen-bond acceptors (Lipinski definition) is 4. The molecule has 150 valence electrons. The molecule has 0 aliphatic carbocycles. The smallest absolute Gasteiger partial charge is 0.165 e. The van der Waals surface area contributed by atoms with Crippen LogP contribution in [0.1, 0.15) is 28.4 Å². The molecule has 0 bridgehead atoms. The molecule has 3 aromatic rings. The van der Waals surface area contributed by atoms with Crippen LogP contribution in [0.2, 0.25) is 0 Å². The van der Waals surface area contributed by atoms with Crippen molar-refractivity contribution in [1.29, 1.82) is 0 Å². The monoisotopic (exact) mass is 517 g/mol. The molecule has 1 atom stereocenters. The second kappa shape index (κ2) is 9.94. The summed E-state index contributed by atoms with van der Waals surface area (Å²) in [5, 5.41) is 3.48. The van der Waals surface area contributed by atoms with Gasteiger partial charge < -0.3 is 14.8 Å². The molecule has 0 fully saturated rings. The summed E-state index contributed by atoms with van der Waals surface area (Å²) < 4.78 is 12.7. The molecule has 1 unspecified atom stereocenters. The summed E-state index contributed by atoms with van der Waals surface area (Å²) in [5.74, 6) is 1.34. The number of ketones is 1.